The smallest absolute Gasteiger partial charge is 0.334 e. The van der Waals surface area contributed by atoms with Crippen molar-refractivity contribution in [2.75, 3.05) is 20.1 Å². The molecule has 2 fully saturated rings. The molecule has 0 radical (unpaired) electrons. The van der Waals surface area contributed by atoms with E-state index in [-0.39, 0.29) is 49.7 Å². The van der Waals surface area contributed by atoms with Crippen molar-refractivity contribution in [3.63, 3.8) is 0 Å². The number of carbonyl (C=O) groups is 3. The van der Waals surface area contributed by atoms with Crippen LogP contribution in [0.3, 0.4) is 0 Å². The maximum Gasteiger partial charge on any atom is 0.334 e. The number of likely N-dealkylation sites (N-methyl/N-ethyl adjacent to an activating group) is 1. The number of phenolic OH excluding ortho intramolecular Hbond substituents is 1. The van der Waals surface area contributed by atoms with E-state index < -0.39 is 12.2 Å². The Hall–Kier alpha value is -5.03. The van der Waals surface area contributed by atoms with Gasteiger partial charge in [0.25, 0.3) is 0 Å². The lowest BCUT2D eigenvalue weighted by Gasteiger charge is -2.54. The molecular weight excluding hydrogens is 534 g/mol. The molecule has 0 bridgehead atoms. The Balaban J connectivity index is 1.34. The molecule has 2 saturated heterocycles. The Morgan fingerprint density at radius 1 is 0.952 bits per heavy atom. The molecule has 2 aliphatic heterocycles. The number of para-hydroxylation sites is 1. The molecule has 2 N–H and O–H groups in total. The Morgan fingerprint density at radius 3 is 2.50 bits per heavy atom. The van der Waals surface area contributed by atoms with Crippen LogP contribution in [0.25, 0.3) is 11.0 Å². The highest BCUT2D eigenvalue weighted by Gasteiger charge is 2.50. The Labute approximate surface area is 243 Å². The summed E-state index contributed by atoms with van der Waals surface area (Å²) in [7, 11) is 1.70. The third-order valence-electron chi connectivity index (χ3n) is 7.74. The fourth-order valence-electron chi connectivity index (χ4n) is 5.74. The van der Waals surface area contributed by atoms with E-state index in [1.165, 1.54) is 5.01 Å². The minimum Gasteiger partial charge on any atom is -0.508 e. The number of hydrazine groups is 1. The zero-order chi connectivity index (χ0) is 29.2. The van der Waals surface area contributed by atoms with Crippen molar-refractivity contribution in [2.24, 2.45) is 0 Å². The normalized spacial score (nSPS) is 19.2. The van der Waals surface area contributed by atoms with Gasteiger partial charge < -0.3 is 20.2 Å². The second-order valence-electron chi connectivity index (χ2n) is 10.5. The second kappa shape index (κ2) is 11.5. The number of nitrogens with zero attached hydrogens (tertiary/aromatic N) is 6. The van der Waals surface area contributed by atoms with Gasteiger partial charge in [-0.3, -0.25) is 19.6 Å². The summed E-state index contributed by atoms with van der Waals surface area (Å²) >= 11 is 0. The number of rotatable bonds is 6. The zero-order valence-electron chi connectivity index (χ0n) is 23.1. The molecule has 42 heavy (non-hydrogen) atoms. The minimum absolute atomic E-state index is 0.0481. The van der Waals surface area contributed by atoms with Gasteiger partial charge in [-0.2, -0.15) is 0 Å². The van der Waals surface area contributed by atoms with Gasteiger partial charge in [-0.1, -0.05) is 54.6 Å². The molecule has 214 valence electrons. The first kappa shape index (κ1) is 27.2. The van der Waals surface area contributed by atoms with Gasteiger partial charge in [-0.05, 0) is 34.9 Å². The standard InChI is InChI=1S/C31H31N7O4/c1-35-20-28(40)37-26(16-21-10-12-24(39)13-11-21)30(41)36(18-23-8-5-9-25-29(23)33-15-14-32-25)19-27(37)38(35)31(42)34-17-22-6-3-2-4-7-22/h2-15,26-27,39H,16-20H2,1H3,(H,34,42)/t26-,27-/m0/s1. The summed E-state index contributed by atoms with van der Waals surface area (Å²) in [6, 6.07) is 20.6. The lowest BCUT2D eigenvalue weighted by atomic mass is 9.98. The lowest BCUT2D eigenvalue weighted by molar-refractivity contribution is -0.187. The summed E-state index contributed by atoms with van der Waals surface area (Å²) in [5, 5.41) is 15.9. The molecule has 3 aromatic carbocycles. The average Bonchev–Trinajstić information content (AvgIpc) is 2.99. The first-order valence-corrected chi connectivity index (χ1v) is 13.8. The van der Waals surface area contributed by atoms with Crippen LogP contribution in [0, 0.1) is 0 Å². The molecule has 4 aromatic rings. The highest BCUT2D eigenvalue weighted by molar-refractivity contribution is 5.92. The van der Waals surface area contributed by atoms with Gasteiger partial charge in [0, 0.05) is 39.0 Å². The van der Waals surface area contributed by atoms with E-state index in [4.69, 9.17) is 0 Å². The SMILES string of the molecule is CN1CC(=O)N2[C@@H](Cc3ccc(O)cc3)C(=O)N(Cc3cccc4nccnc34)C[C@@H]2N1C(=O)NCc1ccccc1. The summed E-state index contributed by atoms with van der Waals surface area (Å²) in [6.07, 6.45) is 2.75. The Bertz CT molecular complexity index is 1610. The van der Waals surface area contributed by atoms with Crippen molar-refractivity contribution in [1.82, 2.24) is 35.1 Å². The predicted octanol–water partition coefficient (Wildman–Crippen LogP) is 2.52. The third kappa shape index (κ3) is 5.34. The van der Waals surface area contributed by atoms with Crippen LogP contribution in [0.2, 0.25) is 0 Å². The summed E-state index contributed by atoms with van der Waals surface area (Å²) in [5.74, 6) is -0.340. The molecule has 2 atom stereocenters. The van der Waals surface area contributed by atoms with Gasteiger partial charge in [-0.25, -0.2) is 14.8 Å². The molecule has 11 nitrogen and oxygen atoms in total. The maximum atomic E-state index is 14.1. The number of benzene rings is 3. The van der Waals surface area contributed by atoms with E-state index in [0.29, 0.717) is 12.1 Å². The number of nitrogens with one attached hydrogen (secondary N) is 1. The van der Waals surface area contributed by atoms with Crippen LogP contribution in [0.5, 0.6) is 5.75 Å². The fourth-order valence-corrected chi connectivity index (χ4v) is 5.74. The van der Waals surface area contributed by atoms with Crippen LogP contribution in [0.1, 0.15) is 16.7 Å². The van der Waals surface area contributed by atoms with Gasteiger partial charge in [0.15, 0.2) is 0 Å². The first-order chi connectivity index (χ1) is 20.4. The van der Waals surface area contributed by atoms with E-state index in [9.17, 15) is 19.5 Å². The highest BCUT2D eigenvalue weighted by atomic mass is 16.3. The number of aromatic hydroxyl groups is 1. The molecular formula is C31H31N7O4. The summed E-state index contributed by atoms with van der Waals surface area (Å²) in [5.41, 5.74) is 3.97. The van der Waals surface area contributed by atoms with Crippen LogP contribution >= 0.6 is 0 Å². The number of hydrogen-bond donors (Lipinski definition) is 2. The van der Waals surface area contributed by atoms with Gasteiger partial charge in [0.05, 0.1) is 24.1 Å². The van der Waals surface area contributed by atoms with E-state index >= 15 is 0 Å². The highest BCUT2D eigenvalue weighted by Crippen LogP contribution is 2.29. The van der Waals surface area contributed by atoms with Crippen LogP contribution in [0.4, 0.5) is 4.79 Å². The van der Waals surface area contributed by atoms with Crippen molar-refractivity contribution in [3.05, 3.63) is 102 Å². The van der Waals surface area contributed by atoms with Crippen molar-refractivity contribution in [3.8, 4) is 5.75 Å². The number of piperazine rings is 1. The van der Waals surface area contributed by atoms with Gasteiger partial charge in [-0.15, -0.1) is 0 Å². The molecule has 0 spiro atoms. The number of amides is 4. The van der Waals surface area contributed by atoms with Crippen molar-refractivity contribution < 1.29 is 19.5 Å². The first-order valence-electron chi connectivity index (χ1n) is 13.8. The molecule has 0 saturated carbocycles. The third-order valence-corrected chi connectivity index (χ3v) is 7.74. The van der Waals surface area contributed by atoms with E-state index in [0.717, 1.165) is 22.2 Å². The molecule has 0 unspecified atom stereocenters. The number of hydrogen-bond acceptors (Lipinski definition) is 7. The van der Waals surface area contributed by atoms with Crippen molar-refractivity contribution in [2.45, 2.75) is 31.7 Å². The van der Waals surface area contributed by atoms with Crippen LogP contribution in [-0.2, 0) is 29.1 Å². The van der Waals surface area contributed by atoms with Gasteiger partial charge in [0.2, 0.25) is 11.8 Å². The van der Waals surface area contributed by atoms with Crippen LogP contribution in [-0.4, -0.2) is 85.1 Å². The largest absolute Gasteiger partial charge is 0.508 e. The predicted molar refractivity (Wildman–Crippen MR) is 154 cm³/mol. The molecule has 2 aliphatic rings. The number of carbonyl (C=O) groups excluding carboxylic acids is 3. The quantitative estimate of drug-likeness (QED) is 0.368. The van der Waals surface area contributed by atoms with Crippen LogP contribution in [0.15, 0.2) is 85.2 Å². The van der Waals surface area contributed by atoms with E-state index in [2.05, 4.69) is 15.3 Å². The van der Waals surface area contributed by atoms with Crippen molar-refractivity contribution >= 4 is 28.9 Å². The lowest BCUT2D eigenvalue weighted by Crippen LogP contribution is -2.76. The Morgan fingerprint density at radius 2 is 1.71 bits per heavy atom. The monoisotopic (exact) mass is 565 g/mol. The Kier molecular flexibility index (Phi) is 7.41. The molecule has 3 heterocycles. The van der Waals surface area contributed by atoms with Crippen LogP contribution < -0.4 is 5.32 Å². The van der Waals surface area contributed by atoms with E-state index in [1.807, 2.05) is 48.5 Å². The molecule has 6 rings (SSSR count). The summed E-state index contributed by atoms with van der Waals surface area (Å²) < 4.78 is 0. The van der Waals surface area contributed by atoms with E-state index in [1.54, 1.807) is 58.5 Å². The number of phenols is 1. The molecule has 11 heteroatoms. The fraction of sp³-hybridized carbons (Fsp3) is 0.258. The van der Waals surface area contributed by atoms with Gasteiger partial charge in [0.1, 0.15) is 18.0 Å². The molecule has 0 aliphatic carbocycles. The maximum absolute atomic E-state index is 14.1. The summed E-state index contributed by atoms with van der Waals surface area (Å²) in [6.45, 7) is 0.630. The topological polar surface area (TPSA) is 122 Å². The zero-order valence-corrected chi connectivity index (χ0v) is 23.1. The molecule has 1 aromatic heterocycles. The molecule has 4 amide bonds. The van der Waals surface area contributed by atoms with Crippen molar-refractivity contribution in [1.29, 1.82) is 0 Å². The van der Waals surface area contributed by atoms with Gasteiger partial charge >= 0.3 is 6.03 Å². The number of urea groups is 1. The second-order valence-corrected chi connectivity index (χ2v) is 10.5. The minimum atomic E-state index is -0.847. The summed E-state index contributed by atoms with van der Waals surface area (Å²) in [4.78, 5) is 53.4. The number of fused-ring (bicyclic) bond motifs is 2. The number of aromatic nitrogens is 2. The average molecular weight is 566 g/mol.